The van der Waals surface area contributed by atoms with Crippen LogP contribution in [0.4, 0.5) is 5.82 Å². The van der Waals surface area contributed by atoms with Crippen molar-refractivity contribution in [1.82, 2.24) is 4.98 Å². The van der Waals surface area contributed by atoms with Gasteiger partial charge in [0.25, 0.3) is 0 Å². The Bertz CT molecular complexity index is 541. The van der Waals surface area contributed by atoms with Crippen LogP contribution in [0.25, 0.3) is 0 Å². The molecule has 0 saturated carbocycles. The number of hydrogen-bond donors (Lipinski definition) is 1. The second kappa shape index (κ2) is 7.58. The topological polar surface area (TPSA) is 34.1 Å². The first-order chi connectivity index (χ1) is 9.66. The molecule has 3 nitrogen and oxygen atoms in total. The van der Waals surface area contributed by atoms with Crippen LogP contribution in [0, 0.1) is 0 Å². The highest BCUT2D eigenvalue weighted by atomic mass is 35.5. The molecule has 20 heavy (non-hydrogen) atoms. The first-order valence-electron chi connectivity index (χ1n) is 6.09. The van der Waals surface area contributed by atoms with Gasteiger partial charge in [-0.3, -0.25) is 0 Å². The van der Waals surface area contributed by atoms with Crippen molar-refractivity contribution in [1.29, 1.82) is 0 Å². The third-order valence-corrected chi connectivity index (χ3v) is 3.28. The van der Waals surface area contributed by atoms with Crippen LogP contribution < -0.4 is 10.1 Å². The molecule has 0 bridgehead atoms. The minimum absolute atomic E-state index is 0.417. The predicted octanol–water partition coefficient (Wildman–Crippen LogP) is 4.92. The molecule has 0 fully saturated rings. The van der Waals surface area contributed by atoms with Crippen molar-refractivity contribution in [2.45, 2.75) is 6.42 Å². The molecule has 1 aromatic heterocycles. The Morgan fingerprint density at radius 3 is 2.50 bits per heavy atom. The summed E-state index contributed by atoms with van der Waals surface area (Å²) in [6.07, 6.45) is 2.54. The maximum absolute atomic E-state index is 6.02. The van der Waals surface area contributed by atoms with Crippen molar-refractivity contribution >= 4 is 40.6 Å². The van der Waals surface area contributed by atoms with Crippen LogP contribution in [0.2, 0.25) is 15.1 Å². The predicted molar refractivity (Wildman–Crippen MR) is 84.3 cm³/mol. The number of nitrogens with one attached hydrogen (secondary N) is 1. The fourth-order valence-corrected chi connectivity index (χ4v) is 2.52. The molecule has 0 spiro atoms. The van der Waals surface area contributed by atoms with E-state index < -0.39 is 0 Å². The smallest absolute Gasteiger partial charge is 0.156 e. The Labute approximate surface area is 132 Å². The lowest BCUT2D eigenvalue weighted by Gasteiger charge is -2.10. The molecule has 0 aliphatic rings. The SMILES string of the molecule is Clc1cc(Cl)c(OCCCNc2ccccn2)c(Cl)c1. The van der Waals surface area contributed by atoms with Crippen molar-refractivity contribution in [3.05, 3.63) is 51.6 Å². The minimum atomic E-state index is 0.417. The lowest BCUT2D eigenvalue weighted by molar-refractivity contribution is 0.315. The molecule has 106 valence electrons. The van der Waals surface area contributed by atoms with Crippen LogP contribution in [-0.2, 0) is 0 Å². The number of benzene rings is 1. The van der Waals surface area contributed by atoms with Gasteiger partial charge in [0.2, 0.25) is 0 Å². The standard InChI is InChI=1S/C14H13Cl3N2O/c15-10-8-11(16)14(12(17)9-10)20-7-3-6-19-13-4-1-2-5-18-13/h1-2,4-5,8-9H,3,6-7H2,(H,18,19). The van der Waals surface area contributed by atoms with E-state index in [1.807, 2.05) is 18.2 Å². The van der Waals surface area contributed by atoms with Crippen molar-refractivity contribution in [2.24, 2.45) is 0 Å². The van der Waals surface area contributed by atoms with Crippen molar-refractivity contribution in [3.8, 4) is 5.75 Å². The van der Waals surface area contributed by atoms with Gasteiger partial charge in [-0.15, -0.1) is 0 Å². The van der Waals surface area contributed by atoms with Gasteiger partial charge in [-0.05, 0) is 30.7 Å². The van der Waals surface area contributed by atoms with Crippen molar-refractivity contribution < 1.29 is 4.74 Å². The number of rotatable bonds is 6. The second-order valence-electron chi connectivity index (χ2n) is 4.04. The van der Waals surface area contributed by atoms with Crippen LogP contribution in [0.1, 0.15) is 6.42 Å². The molecule has 1 heterocycles. The summed E-state index contributed by atoms with van der Waals surface area (Å²) < 4.78 is 5.58. The zero-order valence-electron chi connectivity index (χ0n) is 10.6. The van der Waals surface area contributed by atoms with Crippen LogP contribution in [-0.4, -0.2) is 18.1 Å². The molecule has 0 amide bonds. The average Bonchev–Trinajstić information content (AvgIpc) is 2.42. The molecule has 0 atom stereocenters. The number of ether oxygens (including phenoxy) is 1. The Balaban J connectivity index is 1.76. The van der Waals surface area contributed by atoms with Crippen LogP contribution in [0.15, 0.2) is 36.5 Å². The maximum atomic E-state index is 6.02. The first kappa shape index (κ1) is 15.2. The molecule has 0 aliphatic heterocycles. The second-order valence-corrected chi connectivity index (χ2v) is 5.29. The van der Waals surface area contributed by atoms with Crippen molar-refractivity contribution in [2.75, 3.05) is 18.5 Å². The van der Waals surface area contributed by atoms with E-state index in [9.17, 15) is 0 Å². The van der Waals surface area contributed by atoms with Crippen molar-refractivity contribution in [3.63, 3.8) is 0 Å². The number of nitrogens with zero attached hydrogens (tertiary/aromatic N) is 1. The normalized spacial score (nSPS) is 10.3. The number of aromatic nitrogens is 1. The van der Waals surface area contributed by atoms with Gasteiger partial charge in [-0.1, -0.05) is 40.9 Å². The highest BCUT2D eigenvalue weighted by Crippen LogP contribution is 2.35. The van der Waals surface area contributed by atoms with Gasteiger partial charge < -0.3 is 10.1 Å². The summed E-state index contributed by atoms with van der Waals surface area (Å²) >= 11 is 17.9. The Kier molecular flexibility index (Phi) is 5.77. The summed E-state index contributed by atoms with van der Waals surface area (Å²) in [5.74, 6) is 1.31. The monoisotopic (exact) mass is 330 g/mol. The van der Waals surface area contributed by atoms with E-state index in [4.69, 9.17) is 39.5 Å². The fraction of sp³-hybridized carbons (Fsp3) is 0.214. The Morgan fingerprint density at radius 1 is 1.10 bits per heavy atom. The van der Waals surface area contributed by atoms with E-state index in [0.717, 1.165) is 18.8 Å². The van der Waals surface area contributed by atoms with Crippen LogP contribution >= 0.6 is 34.8 Å². The largest absolute Gasteiger partial charge is 0.490 e. The van der Waals surface area contributed by atoms with E-state index in [-0.39, 0.29) is 0 Å². The summed E-state index contributed by atoms with van der Waals surface area (Å²) in [5.41, 5.74) is 0. The van der Waals surface area contributed by atoms with E-state index >= 15 is 0 Å². The summed E-state index contributed by atoms with van der Waals surface area (Å²) in [5, 5.41) is 4.51. The van der Waals surface area contributed by atoms with Gasteiger partial charge in [0.15, 0.2) is 5.75 Å². The lowest BCUT2D eigenvalue weighted by atomic mass is 10.3. The van der Waals surface area contributed by atoms with Crippen LogP contribution in [0.5, 0.6) is 5.75 Å². The summed E-state index contributed by atoms with van der Waals surface area (Å²) in [7, 11) is 0. The maximum Gasteiger partial charge on any atom is 0.156 e. The Hall–Kier alpha value is -1.16. The fourth-order valence-electron chi connectivity index (χ4n) is 1.60. The van der Waals surface area contributed by atoms with E-state index in [1.54, 1.807) is 18.3 Å². The van der Waals surface area contributed by atoms with Crippen LogP contribution in [0.3, 0.4) is 0 Å². The molecule has 0 saturated heterocycles. The molecule has 0 radical (unpaired) electrons. The van der Waals surface area contributed by atoms with Gasteiger partial charge in [0.1, 0.15) is 5.82 Å². The molecule has 0 unspecified atom stereocenters. The molecule has 2 aromatic rings. The van der Waals surface area contributed by atoms with E-state index in [2.05, 4.69) is 10.3 Å². The summed E-state index contributed by atoms with van der Waals surface area (Å²) in [6, 6.07) is 8.93. The zero-order chi connectivity index (χ0) is 14.4. The molecule has 1 N–H and O–H groups in total. The molecule has 0 aliphatic carbocycles. The average molecular weight is 332 g/mol. The minimum Gasteiger partial charge on any atom is -0.490 e. The van der Waals surface area contributed by atoms with Gasteiger partial charge in [-0.25, -0.2) is 4.98 Å². The summed E-state index contributed by atoms with van der Waals surface area (Å²) in [4.78, 5) is 4.16. The third kappa shape index (κ3) is 4.44. The number of halogens is 3. The third-order valence-electron chi connectivity index (χ3n) is 2.50. The van der Waals surface area contributed by atoms with Gasteiger partial charge in [0.05, 0.1) is 16.7 Å². The zero-order valence-corrected chi connectivity index (χ0v) is 12.8. The first-order valence-corrected chi connectivity index (χ1v) is 7.22. The van der Waals surface area contributed by atoms with E-state index in [0.29, 0.717) is 27.4 Å². The molecular weight excluding hydrogens is 319 g/mol. The molecule has 6 heteroatoms. The van der Waals surface area contributed by atoms with Gasteiger partial charge in [-0.2, -0.15) is 0 Å². The number of hydrogen-bond acceptors (Lipinski definition) is 3. The quantitative estimate of drug-likeness (QED) is 0.763. The molecular formula is C14H13Cl3N2O. The highest BCUT2D eigenvalue weighted by Gasteiger charge is 2.08. The van der Waals surface area contributed by atoms with E-state index in [1.165, 1.54) is 0 Å². The van der Waals surface area contributed by atoms with Gasteiger partial charge >= 0.3 is 0 Å². The van der Waals surface area contributed by atoms with Gasteiger partial charge in [0, 0.05) is 17.8 Å². The number of pyridine rings is 1. The number of anilines is 1. The highest BCUT2D eigenvalue weighted by molar-refractivity contribution is 6.40. The Morgan fingerprint density at radius 2 is 1.85 bits per heavy atom. The lowest BCUT2D eigenvalue weighted by Crippen LogP contribution is -2.08. The summed E-state index contributed by atoms with van der Waals surface area (Å²) in [6.45, 7) is 1.25. The molecule has 1 aromatic carbocycles. The molecule has 2 rings (SSSR count).